The number of aromatic nitrogens is 2. The van der Waals surface area contributed by atoms with E-state index in [1.807, 2.05) is 6.07 Å². The molecule has 0 spiro atoms. The normalized spacial score (nSPS) is 28.1. The second-order valence-electron chi connectivity index (χ2n) is 7.51. The van der Waals surface area contributed by atoms with Crippen LogP contribution >= 0.6 is 0 Å². The average molecular weight is 376 g/mol. The van der Waals surface area contributed by atoms with Crippen LogP contribution in [-0.2, 0) is 10.8 Å². The molecule has 2 N–H and O–H groups in total. The van der Waals surface area contributed by atoms with Gasteiger partial charge < -0.3 is 5.32 Å². The summed E-state index contributed by atoms with van der Waals surface area (Å²) in [6, 6.07) is 8.71. The Morgan fingerprint density at radius 2 is 2.12 bits per heavy atom. The van der Waals surface area contributed by atoms with Crippen LogP contribution in [0.15, 0.2) is 24.3 Å². The zero-order valence-corrected chi connectivity index (χ0v) is 16.3. The highest BCUT2D eigenvalue weighted by molar-refractivity contribution is 7.85. The smallest absolute Gasteiger partial charge is 0.0924 e. The van der Waals surface area contributed by atoms with Crippen LogP contribution in [0.1, 0.15) is 31.5 Å². The Morgan fingerprint density at radius 1 is 1.27 bits per heavy atom. The predicted octanol–water partition coefficient (Wildman–Crippen LogP) is 1.70. The Hall–Kier alpha value is -1.28. The summed E-state index contributed by atoms with van der Waals surface area (Å²) in [5, 5.41) is 12.9. The van der Waals surface area contributed by atoms with Crippen molar-refractivity contribution in [2.45, 2.75) is 31.1 Å². The summed E-state index contributed by atoms with van der Waals surface area (Å²) in [5.74, 6) is 0.761. The van der Waals surface area contributed by atoms with Crippen molar-refractivity contribution in [3.63, 3.8) is 0 Å². The number of rotatable bonds is 6. The number of unbranched alkanes of at least 4 members (excludes halogenated alkanes) is 1. The fourth-order valence-corrected chi connectivity index (χ4v) is 5.37. The van der Waals surface area contributed by atoms with Gasteiger partial charge in [0.1, 0.15) is 0 Å². The van der Waals surface area contributed by atoms with Gasteiger partial charge in [0.05, 0.1) is 23.1 Å². The van der Waals surface area contributed by atoms with Crippen molar-refractivity contribution in [2.75, 3.05) is 45.1 Å². The molecule has 3 heterocycles. The first-order valence-electron chi connectivity index (χ1n) is 9.69. The van der Waals surface area contributed by atoms with E-state index in [9.17, 15) is 4.21 Å². The number of nitrogens with one attached hydrogen (secondary N) is 2. The van der Waals surface area contributed by atoms with Gasteiger partial charge in [0.15, 0.2) is 0 Å². The molecule has 142 valence electrons. The number of benzene rings is 1. The van der Waals surface area contributed by atoms with E-state index in [0.29, 0.717) is 11.3 Å². The molecule has 2 aliphatic rings. The number of fused-ring (bicyclic) bond motifs is 1. The van der Waals surface area contributed by atoms with Crippen LogP contribution in [0, 0.1) is 0 Å². The second-order valence-corrected chi connectivity index (χ2v) is 9.34. The fraction of sp³-hybridized carbons (Fsp3) is 0.632. The average Bonchev–Trinajstić information content (AvgIpc) is 3.22. The lowest BCUT2D eigenvalue weighted by Gasteiger charge is -2.35. The van der Waals surface area contributed by atoms with Gasteiger partial charge in [0.2, 0.25) is 0 Å². The number of hydrogen-bond acceptors (Lipinski definition) is 5. The molecule has 2 aliphatic heterocycles. The predicted molar refractivity (Wildman–Crippen MR) is 107 cm³/mol. The molecule has 2 fully saturated rings. The van der Waals surface area contributed by atoms with E-state index >= 15 is 0 Å². The van der Waals surface area contributed by atoms with E-state index in [2.05, 4.69) is 50.4 Å². The molecule has 1 aromatic heterocycles. The molecule has 0 bridgehead atoms. The Labute approximate surface area is 157 Å². The molecule has 2 aromatic rings. The van der Waals surface area contributed by atoms with Crippen LogP contribution in [0.3, 0.4) is 0 Å². The van der Waals surface area contributed by atoms with Gasteiger partial charge in [0, 0.05) is 47.6 Å². The molecule has 0 radical (unpaired) electrons. The monoisotopic (exact) mass is 375 g/mol. The van der Waals surface area contributed by atoms with Gasteiger partial charge in [-0.15, -0.1) is 0 Å². The van der Waals surface area contributed by atoms with Crippen molar-refractivity contribution < 1.29 is 4.21 Å². The number of H-pyrrole nitrogens is 1. The standard InChI is InChI=1S/C19H29N5OS/c1-15-13-23(14-26(15)25)9-4-5-10-24-11-8-20-12-18(24)19-16-6-2-3-7-17(16)21-22-19/h2-3,6-7,15,18,20H,4-5,8-14H2,1H3,(H,21,22). The van der Waals surface area contributed by atoms with Crippen LogP contribution < -0.4 is 5.32 Å². The first kappa shape index (κ1) is 18.1. The lowest BCUT2D eigenvalue weighted by molar-refractivity contribution is 0.155. The van der Waals surface area contributed by atoms with E-state index in [1.165, 1.54) is 23.9 Å². The van der Waals surface area contributed by atoms with Crippen molar-refractivity contribution in [3.8, 4) is 0 Å². The van der Waals surface area contributed by atoms with E-state index in [4.69, 9.17) is 0 Å². The Bertz CT molecular complexity index is 763. The summed E-state index contributed by atoms with van der Waals surface area (Å²) in [6.45, 7) is 8.34. The Kier molecular flexibility index (Phi) is 5.69. The van der Waals surface area contributed by atoms with E-state index in [0.717, 1.165) is 50.7 Å². The van der Waals surface area contributed by atoms with Crippen LogP contribution in [-0.4, -0.2) is 74.6 Å². The van der Waals surface area contributed by atoms with Crippen molar-refractivity contribution in [1.82, 2.24) is 25.3 Å². The maximum absolute atomic E-state index is 11.8. The summed E-state index contributed by atoms with van der Waals surface area (Å²) in [7, 11) is -0.651. The lowest BCUT2D eigenvalue weighted by Crippen LogP contribution is -2.46. The molecule has 3 atom stereocenters. The van der Waals surface area contributed by atoms with Gasteiger partial charge in [-0.3, -0.25) is 19.1 Å². The minimum Gasteiger partial charge on any atom is -0.313 e. The zero-order chi connectivity index (χ0) is 17.9. The largest absolute Gasteiger partial charge is 0.313 e. The van der Waals surface area contributed by atoms with Crippen molar-refractivity contribution in [1.29, 1.82) is 0 Å². The fourth-order valence-electron chi connectivity index (χ4n) is 4.15. The topological polar surface area (TPSA) is 64.3 Å². The second kappa shape index (κ2) is 8.17. The molecule has 0 aliphatic carbocycles. The van der Waals surface area contributed by atoms with E-state index in [1.54, 1.807) is 0 Å². The molecular weight excluding hydrogens is 346 g/mol. The quantitative estimate of drug-likeness (QED) is 0.753. The van der Waals surface area contributed by atoms with Crippen LogP contribution in [0.4, 0.5) is 0 Å². The first-order chi connectivity index (χ1) is 12.7. The third-order valence-corrected chi connectivity index (χ3v) is 7.29. The van der Waals surface area contributed by atoms with E-state index in [-0.39, 0.29) is 0 Å². The van der Waals surface area contributed by atoms with Gasteiger partial charge >= 0.3 is 0 Å². The molecule has 3 unspecified atom stereocenters. The van der Waals surface area contributed by atoms with Crippen LogP contribution in [0.25, 0.3) is 10.9 Å². The molecule has 26 heavy (non-hydrogen) atoms. The highest BCUT2D eigenvalue weighted by Gasteiger charge is 2.27. The highest BCUT2D eigenvalue weighted by Crippen LogP contribution is 2.27. The van der Waals surface area contributed by atoms with Gasteiger partial charge in [-0.1, -0.05) is 18.2 Å². The van der Waals surface area contributed by atoms with Crippen molar-refractivity contribution in [2.24, 2.45) is 0 Å². The minimum absolute atomic E-state index is 0.334. The van der Waals surface area contributed by atoms with Gasteiger partial charge in [0.25, 0.3) is 0 Å². The van der Waals surface area contributed by atoms with Crippen molar-refractivity contribution in [3.05, 3.63) is 30.0 Å². The molecule has 6 nitrogen and oxygen atoms in total. The number of piperazine rings is 1. The zero-order valence-electron chi connectivity index (χ0n) is 15.5. The van der Waals surface area contributed by atoms with Gasteiger partial charge in [-0.05, 0) is 38.9 Å². The molecular formula is C19H29N5OS. The van der Waals surface area contributed by atoms with Crippen LogP contribution in [0.2, 0.25) is 0 Å². The molecule has 2 saturated heterocycles. The third-order valence-electron chi connectivity index (χ3n) is 5.62. The molecule has 1 aromatic carbocycles. The number of aromatic amines is 1. The maximum Gasteiger partial charge on any atom is 0.0924 e. The summed E-state index contributed by atoms with van der Waals surface area (Å²) in [6.07, 6.45) is 2.35. The molecule has 4 rings (SSSR count). The van der Waals surface area contributed by atoms with Crippen LogP contribution in [0.5, 0.6) is 0 Å². The SMILES string of the molecule is CC1CN(CCCCN2CCNCC2c2[nH]nc3ccccc23)CS1=O. The highest BCUT2D eigenvalue weighted by atomic mass is 32.2. The number of para-hydroxylation sites is 1. The number of nitrogens with zero attached hydrogens (tertiary/aromatic N) is 3. The summed E-state index contributed by atoms with van der Waals surface area (Å²) in [4.78, 5) is 4.94. The summed E-state index contributed by atoms with van der Waals surface area (Å²) < 4.78 is 11.8. The van der Waals surface area contributed by atoms with E-state index < -0.39 is 10.8 Å². The third kappa shape index (κ3) is 3.86. The minimum atomic E-state index is -0.651. The first-order valence-corrected chi connectivity index (χ1v) is 11.1. The molecule has 7 heteroatoms. The lowest BCUT2D eigenvalue weighted by atomic mass is 10.0. The maximum atomic E-state index is 11.8. The van der Waals surface area contributed by atoms with Gasteiger partial charge in [-0.25, -0.2) is 0 Å². The molecule has 0 saturated carbocycles. The summed E-state index contributed by atoms with van der Waals surface area (Å²) >= 11 is 0. The van der Waals surface area contributed by atoms with Gasteiger partial charge in [-0.2, -0.15) is 5.10 Å². The Morgan fingerprint density at radius 3 is 2.96 bits per heavy atom. The molecule has 0 amide bonds. The number of hydrogen-bond donors (Lipinski definition) is 2. The van der Waals surface area contributed by atoms with Crippen molar-refractivity contribution >= 4 is 21.7 Å². The Balaban J connectivity index is 1.34. The summed E-state index contributed by atoms with van der Waals surface area (Å²) in [5.41, 5.74) is 2.28.